The van der Waals surface area contributed by atoms with Gasteiger partial charge in [0.25, 0.3) is 0 Å². The molecule has 3 rings (SSSR count). The minimum atomic E-state index is -0.469. The van der Waals surface area contributed by atoms with Crippen LogP contribution in [0.5, 0.6) is 0 Å². The first-order valence-corrected chi connectivity index (χ1v) is 7.45. The van der Waals surface area contributed by atoms with Gasteiger partial charge in [-0.1, -0.05) is 33.6 Å². The van der Waals surface area contributed by atoms with Gasteiger partial charge in [-0.2, -0.15) is 0 Å². The van der Waals surface area contributed by atoms with Crippen LogP contribution in [0.15, 0.2) is 57.4 Å². The first-order chi connectivity index (χ1) is 10.6. The summed E-state index contributed by atoms with van der Waals surface area (Å²) in [6.07, 6.45) is 0. The van der Waals surface area contributed by atoms with Gasteiger partial charge >= 0.3 is 11.8 Å². The highest BCUT2D eigenvalue weighted by Crippen LogP contribution is 2.22. The number of hydrogen-bond acceptors (Lipinski definition) is 4. The zero-order valence-electron chi connectivity index (χ0n) is 11.1. The van der Waals surface area contributed by atoms with Crippen molar-refractivity contribution in [3.8, 4) is 11.5 Å². The molecule has 0 aliphatic carbocycles. The maximum atomic E-state index is 12.1. The van der Waals surface area contributed by atoms with Crippen molar-refractivity contribution in [2.75, 3.05) is 5.32 Å². The molecule has 0 aliphatic heterocycles. The van der Waals surface area contributed by atoms with E-state index >= 15 is 0 Å². The minimum Gasteiger partial charge on any atom is -0.412 e. The number of nitrogens with zero attached hydrogens (tertiary/aromatic N) is 2. The van der Waals surface area contributed by atoms with Crippen LogP contribution in [0.25, 0.3) is 11.5 Å². The fourth-order valence-corrected chi connectivity index (χ4v) is 2.23. The summed E-state index contributed by atoms with van der Waals surface area (Å²) in [6, 6.07) is 14.1. The van der Waals surface area contributed by atoms with Gasteiger partial charge < -0.3 is 9.73 Å². The van der Waals surface area contributed by atoms with E-state index in [1.165, 1.54) is 0 Å². The van der Waals surface area contributed by atoms with Crippen molar-refractivity contribution in [1.82, 2.24) is 10.2 Å². The summed E-state index contributed by atoms with van der Waals surface area (Å²) < 4.78 is 6.30. The summed E-state index contributed by atoms with van der Waals surface area (Å²) in [7, 11) is 0. The van der Waals surface area contributed by atoms with Gasteiger partial charge in [0.05, 0.1) is 0 Å². The number of benzene rings is 2. The Morgan fingerprint density at radius 3 is 2.64 bits per heavy atom. The smallest absolute Gasteiger partial charge is 0.313 e. The summed E-state index contributed by atoms with van der Waals surface area (Å²) in [4.78, 5) is 12.1. The standard InChI is InChI=1S/C15H9BrClN3O2/c16-10-4-6-12(7-5-10)18-13(21)15-20-19-14(22-15)9-2-1-3-11(17)8-9/h1-8H,(H,18,21). The molecule has 110 valence electrons. The molecule has 1 aromatic heterocycles. The number of nitrogens with one attached hydrogen (secondary N) is 1. The second-order valence-corrected chi connectivity index (χ2v) is 5.74. The molecular formula is C15H9BrClN3O2. The van der Waals surface area contributed by atoms with Gasteiger partial charge in [0.15, 0.2) is 0 Å². The molecule has 0 unspecified atom stereocenters. The van der Waals surface area contributed by atoms with Gasteiger partial charge in [-0.3, -0.25) is 4.79 Å². The van der Waals surface area contributed by atoms with E-state index in [2.05, 4.69) is 31.4 Å². The highest BCUT2D eigenvalue weighted by atomic mass is 79.9. The van der Waals surface area contributed by atoms with Crippen molar-refractivity contribution in [2.24, 2.45) is 0 Å². The summed E-state index contributed by atoms with van der Waals surface area (Å²) in [5.41, 5.74) is 1.29. The highest BCUT2D eigenvalue weighted by Gasteiger charge is 2.16. The number of carbonyl (C=O) groups excluding carboxylic acids is 1. The van der Waals surface area contributed by atoms with E-state index in [0.717, 1.165) is 4.47 Å². The molecule has 5 nitrogen and oxygen atoms in total. The van der Waals surface area contributed by atoms with Gasteiger partial charge in [-0.05, 0) is 42.5 Å². The highest BCUT2D eigenvalue weighted by molar-refractivity contribution is 9.10. The van der Waals surface area contributed by atoms with Gasteiger partial charge in [0.2, 0.25) is 5.89 Å². The predicted octanol–water partition coefficient (Wildman–Crippen LogP) is 4.40. The second-order valence-electron chi connectivity index (χ2n) is 4.38. The van der Waals surface area contributed by atoms with E-state index in [1.807, 2.05) is 12.1 Å². The average Bonchev–Trinajstić information content (AvgIpc) is 3.00. The molecule has 0 atom stereocenters. The molecule has 2 aromatic carbocycles. The van der Waals surface area contributed by atoms with Gasteiger partial charge in [0, 0.05) is 20.7 Å². The maximum Gasteiger partial charge on any atom is 0.313 e. The van der Waals surface area contributed by atoms with Crippen LogP contribution < -0.4 is 5.32 Å². The van der Waals surface area contributed by atoms with E-state index in [-0.39, 0.29) is 11.8 Å². The molecule has 0 spiro atoms. The van der Waals surface area contributed by atoms with Gasteiger partial charge in [-0.25, -0.2) is 0 Å². The lowest BCUT2D eigenvalue weighted by molar-refractivity contribution is 0.0991. The van der Waals surface area contributed by atoms with E-state index in [9.17, 15) is 4.79 Å². The Hall–Kier alpha value is -2.18. The lowest BCUT2D eigenvalue weighted by atomic mass is 10.2. The van der Waals surface area contributed by atoms with Crippen molar-refractivity contribution in [3.63, 3.8) is 0 Å². The lowest BCUT2D eigenvalue weighted by Crippen LogP contribution is -2.12. The molecule has 22 heavy (non-hydrogen) atoms. The van der Waals surface area contributed by atoms with Crippen LogP contribution in [-0.4, -0.2) is 16.1 Å². The fraction of sp³-hybridized carbons (Fsp3) is 0. The first-order valence-electron chi connectivity index (χ1n) is 6.28. The zero-order chi connectivity index (χ0) is 15.5. The second kappa shape index (κ2) is 6.29. The average molecular weight is 379 g/mol. The van der Waals surface area contributed by atoms with Crippen molar-refractivity contribution in [2.45, 2.75) is 0 Å². The van der Waals surface area contributed by atoms with Gasteiger partial charge in [0.1, 0.15) is 0 Å². The Kier molecular flexibility index (Phi) is 4.22. The normalized spacial score (nSPS) is 10.5. The Morgan fingerprint density at radius 2 is 1.91 bits per heavy atom. The minimum absolute atomic E-state index is 0.113. The number of aromatic nitrogens is 2. The topological polar surface area (TPSA) is 68.0 Å². The monoisotopic (exact) mass is 377 g/mol. The lowest BCUT2D eigenvalue weighted by Gasteiger charge is -2.01. The molecule has 0 saturated carbocycles. The molecule has 0 radical (unpaired) electrons. The number of anilines is 1. The molecular weight excluding hydrogens is 370 g/mol. The molecule has 7 heteroatoms. The number of carbonyl (C=O) groups is 1. The molecule has 0 bridgehead atoms. The first kappa shape index (κ1) is 14.7. The van der Waals surface area contributed by atoms with Crippen LogP contribution >= 0.6 is 27.5 Å². The predicted molar refractivity (Wildman–Crippen MR) is 86.8 cm³/mol. The van der Waals surface area contributed by atoms with Crippen LogP contribution in [0, 0.1) is 0 Å². The molecule has 1 N–H and O–H groups in total. The molecule has 0 aliphatic rings. The van der Waals surface area contributed by atoms with Crippen LogP contribution in [0.4, 0.5) is 5.69 Å². The zero-order valence-corrected chi connectivity index (χ0v) is 13.4. The van der Waals surface area contributed by atoms with Crippen LogP contribution in [-0.2, 0) is 0 Å². The van der Waals surface area contributed by atoms with Crippen molar-refractivity contribution in [3.05, 3.63) is 63.9 Å². The third-order valence-corrected chi connectivity index (χ3v) is 3.56. The quantitative estimate of drug-likeness (QED) is 0.733. The fourth-order valence-electron chi connectivity index (χ4n) is 1.77. The Balaban J connectivity index is 1.78. The molecule has 1 heterocycles. The summed E-state index contributed by atoms with van der Waals surface area (Å²) in [5.74, 6) is -0.343. The van der Waals surface area contributed by atoms with Crippen LogP contribution in [0.2, 0.25) is 5.02 Å². The summed E-state index contributed by atoms with van der Waals surface area (Å²) >= 11 is 9.24. The number of hydrogen-bond donors (Lipinski definition) is 1. The molecule has 3 aromatic rings. The van der Waals surface area contributed by atoms with Gasteiger partial charge in [-0.15, -0.1) is 10.2 Å². The van der Waals surface area contributed by atoms with E-state index in [0.29, 0.717) is 16.3 Å². The molecule has 0 saturated heterocycles. The number of halogens is 2. The summed E-state index contributed by atoms with van der Waals surface area (Å²) in [6.45, 7) is 0. The van der Waals surface area contributed by atoms with E-state index in [1.54, 1.807) is 36.4 Å². The Bertz CT molecular complexity index is 818. The number of rotatable bonds is 3. The Labute approximate surface area is 139 Å². The molecule has 1 amide bonds. The van der Waals surface area contributed by atoms with E-state index < -0.39 is 5.91 Å². The van der Waals surface area contributed by atoms with Crippen molar-refractivity contribution in [1.29, 1.82) is 0 Å². The number of amides is 1. The summed E-state index contributed by atoms with van der Waals surface area (Å²) in [5, 5.41) is 10.8. The van der Waals surface area contributed by atoms with Crippen molar-refractivity contribution < 1.29 is 9.21 Å². The molecule has 0 fully saturated rings. The van der Waals surface area contributed by atoms with E-state index in [4.69, 9.17) is 16.0 Å². The Morgan fingerprint density at radius 1 is 1.14 bits per heavy atom. The third-order valence-electron chi connectivity index (χ3n) is 2.79. The van der Waals surface area contributed by atoms with Crippen LogP contribution in [0.3, 0.4) is 0 Å². The van der Waals surface area contributed by atoms with Crippen LogP contribution in [0.1, 0.15) is 10.7 Å². The maximum absolute atomic E-state index is 12.1. The third kappa shape index (κ3) is 3.35. The van der Waals surface area contributed by atoms with Crippen molar-refractivity contribution >= 4 is 39.1 Å². The largest absolute Gasteiger partial charge is 0.412 e. The SMILES string of the molecule is O=C(Nc1ccc(Br)cc1)c1nnc(-c2cccc(Cl)c2)o1.